The van der Waals surface area contributed by atoms with Crippen LogP contribution in [0.15, 0.2) is 218 Å². The Balaban J connectivity index is 1.13. The smallest absolute Gasteiger partial charge is 0.196 e. The van der Waals surface area contributed by atoms with Crippen molar-refractivity contribution in [2.75, 3.05) is 9.34 Å². The van der Waals surface area contributed by atoms with E-state index in [1.54, 1.807) is 0 Å². The van der Waals surface area contributed by atoms with Gasteiger partial charge in [-0.3, -0.25) is 9.34 Å². The fraction of sp³-hybridized carbons (Fsp3) is 0. The van der Waals surface area contributed by atoms with Crippen molar-refractivity contribution in [2.45, 2.75) is 0 Å². The summed E-state index contributed by atoms with van der Waals surface area (Å²) in [6.45, 7) is 0. The van der Waals surface area contributed by atoms with Gasteiger partial charge in [-0.1, -0.05) is 146 Å². The van der Waals surface area contributed by atoms with E-state index in [9.17, 15) is 0 Å². The molecule has 0 spiro atoms. The zero-order chi connectivity index (χ0) is 38.4. The molecule has 58 heavy (non-hydrogen) atoms. The predicted octanol–water partition coefficient (Wildman–Crippen LogP) is 13.5. The molecule has 8 aromatic carbocycles. The van der Waals surface area contributed by atoms with Crippen LogP contribution in [-0.4, -0.2) is 14.5 Å². The summed E-state index contributed by atoms with van der Waals surface area (Å²) in [5, 5.41) is 2.46. The Bertz CT molecular complexity index is 3000. The second-order valence-corrected chi connectivity index (χ2v) is 16.2. The molecule has 0 saturated heterocycles. The molecule has 0 bridgehead atoms. The lowest BCUT2D eigenvalue weighted by Gasteiger charge is -2.31. The molecule has 1 aliphatic rings. The van der Waals surface area contributed by atoms with Crippen LogP contribution in [0.25, 0.3) is 61.1 Å². The van der Waals surface area contributed by atoms with Gasteiger partial charge in [0.05, 0.1) is 33.8 Å². The van der Waals surface area contributed by atoms with E-state index in [1.807, 2.05) is 12.1 Å². The molecular formula is C52H36N5P. The molecule has 10 aromatic rings. The highest BCUT2D eigenvalue weighted by Gasteiger charge is 2.42. The van der Waals surface area contributed by atoms with E-state index in [0.29, 0.717) is 0 Å². The van der Waals surface area contributed by atoms with E-state index in [4.69, 9.17) is 9.97 Å². The van der Waals surface area contributed by atoms with Crippen LogP contribution in [0.4, 0.5) is 22.7 Å². The van der Waals surface area contributed by atoms with Gasteiger partial charge in [-0.05, 0) is 83.9 Å². The minimum atomic E-state index is -1.37. The molecule has 0 aliphatic carbocycles. The van der Waals surface area contributed by atoms with E-state index in [-0.39, 0.29) is 0 Å². The van der Waals surface area contributed by atoms with E-state index in [2.05, 4.69) is 220 Å². The summed E-state index contributed by atoms with van der Waals surface area (Å²) in [7, 11) is -1.37. The highest BCUT2D eigenvalue weighted by atomic mass is 31.1. The molecule has 274 valence electrons. The molecular weight excluding hydrogens is 726 g/mol. The summed E-state index contributed by atoms with van der Waals surface area (Å²) in [5.41, 5.74) is 14.9. The van der Waals surface area contributed by atoms with Crippen LogP contribution in [-0.2, 0) is 0 Å². The summed E-state index contributed by atoms with van der Waals surface area (Å²) in [6, 6.07) is 77.5. The van der Waals surface area contributed by atoms with Gasteiger partial charge in [-0.2, -0.15) is 0 Å². The fourth-order valence-corrected chi connectivity index (χ4v) is 10.6. The molecule has 3 heterocycles. The minimum Gasteiger partial charge on any atom is -0.309 e. The van der Waals surface area contributed by atoms with Gasteiger partial charge >= 0.3 is 0 Å². The van der Waals surface area contributed by atoms with Gasteiger partial charge in [-0.15, -0.1) is 0 Å². The lowest BCUT2D eigenvalue weighted by molar-refractivity contribution is 1.18. The number of hydrogen-bond donors (Lipinski definition) is 0. The zero-order valence-electron chi connectivity index (χ0n) is 31.5. The van der Waals surface area contributed by atoms with Crippen molar-refractivity contribution in [3.8, 4) is 39.3 Å². The Morgan fingerprint density at radius 1 is 0.328 bits per heavy atom. The van der Waals surface area contributed by atoms with Gasteiger partial charge in [0.1, 0.15) is 0 Å². The third-order valence-corrected chi connectivity index (χ3v) is 13.1. The highest BCUT2D eigenvalue weighted by molar-refractivity contribution is 7.69. The van der Waals surface area contributed by atoms with Crippen LogP contribution in [0.5, 0.6) is 0 Å². The standard InChI is InChI=1S/C52H36N5P/c1-6-18-37(19-7-1)46-36-47(38-20-8-2-9-21-38)54-52(53-46)58-56(42-24-12-4-13-25-42)50-33-31-40(35-51(50)57(58)43-26-14-5-15-27-43)39-30-32-49-45(34-39)44-28-16-17-29-48(44)55(49)41-22-10-3-11-23-41/h1-36H. The number of hydrogen-bond acceptors (Lipinski definition) is 4. The lowest BCUT2D eigenvalue weighted by Crippen LogP contribution is -2.27. The third-order valence-electron chi connectivity index (χ3n) is 10.9. The van der Waals surface area contributed by atoms with Crippen molar-refractivity contribution in [1.82, 2.24) is 14.5 Å². The van der Waals surface area contributed by atoms with Gasteiger partial charge in [0.15, 0.2) is 13.8 Å². The van der Waals surface area contributed by atoms with Crippen molar-refractivity contribution in [1.29, 1.82) is 0 Å². The van der Waals surface area contributed by atoms with E-state index in [1.165, 1.54) is 21.8 Å². The number of benzene rings is 8. The summed E-state index contributed by atoms with van der Waals surface area (Å²) >= 11 is 0. The number of nitrogens with zero attached hydrogens (tertiary/aromatic N) is 5. The van der Waals surface area contributed by atoms with Gasteiger partial charge in [0.25, 0.3) is 0 Å². The predicted molar refractivity (Wildman–Crippen MR) is 243 cm³/mol. The first-order valence-electron chi connectivity index (χ1n) is 19.5. The van der Waals surface area contributed by atoms with Crippen molar-refractivity contribution in [3.05, 3.63) is 218 Å². The average molecular weight is 762 g/mol. The maximum absolute atomic E-state index is 5.45. The Labute approximate surface area is 338 Å². The van der Waals surface area contributed by atoms with Gasteiger partial charge in [0, 0.05) is 39.0 Å². The average Bonchev–Trinajstić information content (AvgIpc) is 3.83. The molecule has 6 heteroatoms. The SMILES string of the molecule is c1ccc(-c2cc(-c3ccccc3)nc(P3N(c4ccccc4)c4ccc(-c5ccc6c(c5)c5ccccc5n6-c5ccccc5)cc4N3c3ccccc3)n2)cc1. The first kappa shape index (κ1) is 34.0. The summed E-state index contributed by atoms with van der Waals surface area (Å²) < 4.78 is 7.29. The molecule has 0 N–H and O–H groups in total. The van der Waals surface area contributed by atoms with Crippen molar-refractivity contribution < 1.29 is 0 Å². The lowest BCUT2D eigenvalue weighted by atomic mass is 10.0. The molecule has 5 nitrogen and oxygen atoms in total. The molecule has 0 radical (unpaired) electrons. The van der Waals surface area contributed by atoms with E-state index < -0.39 is 8.22 Å². The summed E-state index contributed by atoms with van der Waals surface area (Å²) in [6.07, 6.45) is 0. The van der Waals surface area contributed by atoms with Crippen LogP contribution in [0.3, 0.4) is 0 Å². The Morgan fingerprint density at radius 2 is 0.793 bits per heavy atom. The number of anilines is 4. The normalized spacial score (nSPS) is 13.6. The van der Waals surface area contributed by atoms with Gasteiger partial charge < -0.3 is 4.57 Å². The first-order valence-corrected chi connectivity index (χ1v) is 20.8. The monoisotopic (exact) mass is 761 g/mol. The third kappa shape index (κ3) is 5.84. The number of rotatable bonds is 7. The zero-order valence-corrected chi connectivity index (χ0v) is 32.4. The topological polar surface area (TPSA) is 37.2 Å². The summed E-state index contributed by atoms with van der Waals surface area (Å²) in [5.74, 6) is 0. The number of para-hydroxylation sites is 4. The van der Waals surface area contributed by atoms with E-state index in [0.717, 1.165) is 67.6 Å². The second kappa shape index (κ2) is 14.3. The van der Waals surface area contributed by atoms with Crippen molar-refractivity contribution in [2.24, 2.45) is 0 Å². The Hall–Kier alpha value is -7.33. The van der Waals surface area contributed by atoms with E-state index >= 15 is 0 Å². The molecule has 11 rings (SSSR count). The molecule has 1 unspecified atom stereocenters. The largest absolute Gasteiger partial charge is 0.309 e. The Kier molecular flexibility index (Phi) is 8.38. The summed E-state index contributed by atoms with van der Waals surface area (Å²) in [4.78, 5) is 10.9. The van der Waals surface area contributed by atoms with Crippen molar-refractivity contribution in [3.63, 3.8) is 0 Å². The second-order valence-electron chi connectivity index (χ2n) is 14.4. The quantitative estimate of drug-likeness (QED) is 0.152. The first-order chi connectivity index (χ1) is 28.8. The van der Waals surface area contributed by atoms with Gasteiger partial charge in [-0.25, -0.2) is 9.97 Å². The minimum absolute atomic E-state index is 0.774. The molecule has 0 amide bonds. The molecule has 1 aliphatic heterocycles. The van der Waals surface area contributed by atoms with Gasteiger partial charge in [0.2, 0.25) is 0 Å². The Morgan fingerprint density at radius 3 is 1.40 bits per heavy atom. The van der Waals surface area contributed by atoms with Crippen molar-refractivity contribution >= 4 is 58.3 Å². The van der Waals surface area contributed by atoms with Crippen LogP contribution in [0, 0.1) is 0 Å². The molecule has 0 fully saturated rings. The molecule has 0 saturated carbocycles. The number of aromatic nitrogens is 3. The van der Waals surface area contributed by atoms with Crippen LogP contribution in [0.2, 0.25) is 0 Å². The maximum Gasteiger partial charge on any atom is 0.196 e. The van der Waals surface area contributed by atoms with Crippen LogP contribution < -0.4 is 14.9 Å². The number of fused-ring (bicyclic) bond motifs is 4. The molecule has 1 atom stereocenters. The molecule has 2 aromatic heterocycles. The van der Waals surface area contributed by atoms with Crippen LogP contribution >= 0.6 is 8.22 Å². The fourth-order valence-electron chi connectivity index (χ4n) is 8.20. The van der Waals surface area contributed by atoms with Crippen LogP contribution in [0.1, 0.15) is 0 Å². The maximum atomic E-state index is 5.45. The highest BCUT2D eigenvalue weighted by Crippen LogP contribution is 2.65.